The van der Waals surface area contributed by atoms with E-state index in [1.807, 2.05) is 18.2 Å². The third-order valence-corrected chi connectivity index (χ3v) is 2.60. The van der Waals surface area contributed by atoms with Crippen LogP contribution in [-0.4, -0.2) is 24.1 Å². The van der Waals surface area contributed by atoms with Gasteiger partial charge in [0.2, 0.25) is 0 Å². The summed E-state index contributed by atoms with van der Waals surface area (Å²) in [5, 5.41) is 3.61. The fourth-order valence-electron chi connectivity index (χ4n) is 1.52. The van der Waals surface area contributed by atoms with Crippen LogP contribution in [0.5, 0.6) is 5.75 Å². The molecule has 0 aliphatic heterocycles. The number of rotatable bonds is 3. The molecule has 5 heteroatoms. The number of ether oxygens (including phenoxy) is 1. The van der Waals surface area contributed by atoms with Gasteiger partial charge in [-0.2, -0.15) is 0 Å². The molecule has 4 nitrogen and oxygen atoms in total. The summed E-state index contributed by atoms with van der Waals surface area (Å²) in [5.74, 6) is 1.48. The lowest BCUT2D eigenvalue weighted by atomic mass is 10.1. The van der Waals surface area contributed by atoms with E-state index in [4.69, 9.17) is 16.3 Å². The van der Waals surface area contributed by atoms with Crippen LogP contribution in [-0.2, 0) is 0 Å². The number of anilines is 1. The molecule has 1 aromatic carbocycles. The molecule has 0 saturated heterocycles. The standard InChI is InChI=1S/C12H12ClN3O/c1-14-12-6-10(15-7-16-12)9-5-8(13)3-4-11(9)17-2/h3-7H,1-2H3,(H,14,15,16). The molecule has 0 amide bonds. The van der Waals surface area contributed by atoms with Gasteiger partial charge in [-0.05, 0) is 18.2 Å². The van der Waals surface area contributed by atoms with E-state index in [2.05, 4.69) is 15.3 Å². The SMILES string of the molecule is CNc1cc(-c2cc(Cl)ccc2OC)ncn1. The minimum Gasteiger partial charge on any atom is -0.496 e. The van der Waals surface area contributed by atoms with Crippen molar-refractivity contribution in [2.24, 2.45) is 0 Å². The zero-order valence-electron chi connectivity index (χ0n) is 9.57. The first-order valence-corrected chi connectivity index (χ1v) is 5.46. The molecular formula is C12H12ClN3O. The number of benzene rings is 1. The van der Waals surface area contributed by atoms with E-state index >= 15 is 0 Å². The van der Waals surface area contributed by atoms with Crippen molar-refractivity contribution in [3.63, 3.8) is 0 Å². The van der Waals surface area contributed by atoms with Gasteiger partial charge in [-0.15, -0.1) is 0 Å². The van der Waals surface area contributed by atoms with Gasteiger partial charge in [0, 0.05) is 23.7 Å². The van der Waals surface area contributed by atoms with Gasteiger partial charge in [0.05, 0.1) is 12.8 Å². The van der Waals surface area contributed by atoms with Gasteiger partial charge in [-0.1, -0.05) is 11.6 Å². The van der Waals surface area contributed by atoms with E-state index in [1.54, 1.807) is 20.2 Å². The Morgan fingerprint density at radius 2 is 2.06 bits per heavy atom. The van der Waals surface area contributed by atoms with Crippen LogP contribution in [0.3, 0.4) is 0 Å². The van der Waals surface area contributed by atoms with Crippen LogP contribution in [0, 0.1) is 0 Å². The van der Waals surface area contributed by atoms with Gasteiger partial charge < -0.3 is 10.1 Å². The zero-order valence-corrected chi connectivity index (χ0v) is 10.3. The van der Waals surface area contributed by atoms with Gasteiger partial charge in [0.1, 0.15) is 17.9 Å². The van der Waals surface area contributed by atoms with Gasteiger partial charge in [-0.3, -0.25) is 0 Å². The summed E-state index contributed by atoms with van der Waals surface area (Å²) < 4.78 is 5.29. The third-order valence-electron chi connectivity index (χ3n) is 2.36. The number of hydrogen-bond acceptors (Lipinski definition) is 4. The molecule has 1 aromatic heterocycles. The topological polar surface area (TPSA) is 47.0 Å². The second kappa shape index (κ2) is 5.01. The van der Waals surface area contributed by atoms with E-state index in [-0.39, 0.29) is 0 Å². The first-order chi connectivity index (χ1) is 8.24. The molecule has 0 atom stereocenters. The average molecular weight is 250 g/mol. The Labute approximate surface area is 105 Å². The summed E-state index contributed by atoms with van der Waals surface area (Å²) in [6.45, 7) is 0. The number of aromatic nitrogens is 2. The molecule has 2 rings (SSSR count). The molecule has 0 bridgehead atoms. The van der Waals surface area contributed by atoms with Crippen molar-refractivity contribution in [2.75, 3.05) is 19.5 Å². The Hall–Kier alpha value is -1.81. The predicted molar refractivity (Wildman–Crippen MR) is 68.6 cm³/mol. The lowest BCUT2D eigenvalue weighted by molar-refractivity contribution is 0.416. The van der Waals surface area contributed by atoms with E-state index < -0.39 is 0 Å². The fraction of sp³-hybridized carbons (Fsp3) is 0.167. The Balaban J connectivity index is 2.54. The molecule has 17 heavy (non-hydrogen) atoms. The Morgan fingerprint density at radius 1 is 1.24 bits per heavy atom. The highest BCUT2D eigenvalue weighted by atomic mass is 35.5. The van der Waals surface area contributed by atoms with Crippen LogP contribution in [0.25, 0.3) is 11.3 Å². The molecule has 88 valence electrons. The summed E-state index contributed by atoms with van der Waals surface area (Å²) in [7, 11) is 3.42. The molecule has 0 radical (unpaired) electrons. The maximum atomic E-state index is 5.98. The van der Waals surface area contributed by atoms with E-state index in [0.717, 1.165) is 22.8 Å². The van der Waals surface area contributed by atoms with E-state index in [0.29, 0.717) is 5.02 Å². The van der Waals surface area contributed by atoms with Crippen molar-refractivity contribution >= 4 is 17.4 Å². The number of halogens is 1. The first kappa shape index (κ1) is 11.7. The van der Waals surface area contributed by atoms with Crippen molar-refractivity contribution < 1.29 is 4.74 Å². The third kappa shape index (κ3) is 2.47. The largest absolute Gasteiger partial charge is 0.496 e. The molecule has 0 aliphatic rings. The van der Waals surface area contributed by atoms with Crippen LogP contribution in [0.4, 0.5) is 5.82 Å². The van der Waals surface area contributed by atoms with Crippen LogP contribution in [0.2, 0.25) is 5.02 Å². The minimum absolute atomic E-state index is 0.644. The molecule has 0 unspecified atom stereocenters. The summed E-state index contributed by atoms with van der Waals surface area (Å²) >= 11 is 5.98. The van der Waals surface area contributed by atoms with Gasteiger partial charge in [0.25, 0.3) is 0 Å². The Kier molecular flexibility index (Phi) is 3.44. The highest BCUT2D eigenvalue weighted by molar-refractivity contribution is 6.30. The van der Waals surface area contributed by atoms with Crippen LogP contribution in [0.1, 0.15) is 0 Å². The molecular weight excluding hydrogens is 238 g/mol. The van der Waals surface area contributed by atoms with Crippen LogP contribution >= 0.6 is 11.6 Å². The number of methoxy groups -OCH3 is 1. The lowest BCUT2D eigenvalue weighted by Gasteiger charge is -2.09. The molecule has 0 saturated carbocycles. The van der Waals surface area contributed by atoms with Gasteiger partial charge >= 0.3 is 0 Å². The van der Waals surface area contributed by atoms with Crippen molar-refractivity contribution in [3.05, 3.63) is 35.6 Å². The summed E-state index contributed by atoms with van der Waals surface area (Å²) in [5.41, 5.74) is 1.61. The quantitative estimate of drug-likeness (QED) is 0.909. The molecule has 0 aliphatic carbocycles. The van der Waals surface area contributed by atoms with Crippen LogP contribution < -0.4 is 10.1 Å². The minimum atomic E-state index is 0.644. The molecule has 2 aromatic rings. The summed E-state index contributed by atoms with van der Waals surface area (Å²) in [4.78, 5) is 8.28. The highest BCUT2D eigenvalue weighted by Gasteiger charge is 2.08. The predicted octanol–water partition coefficient (Wildman–Crippen LogP) is 2.85. The normalized spacial score (nSPS) is 10.1. The second-order valence-corrected chi connectivity index (χ2v) is 3.82. The fourth-order valence-corrected chi connectivity index (χ4v) is 1.69. The maximum Gasteiger partial charge on any atom is 0.129 e. The summed E-state index contributed by atoms with van der Waals surface area (Å²) in [6, 6.07) is 7.26. The maximum absolute atomic E-state index is 5.98. The Morgan fingerprint density at radius 3 is 2.76 bits per heavy atom. The molecule has 1 N–H and O–H groups in total. The second-order valence-electron chi connectivity index (χ2n) is 3.38. The van der Waals surface area contributed by atoms with Crippen molar-refractivity contribution in [2.45, 2.75) is 0 Å². The Bertz CT molecular complexity index is 531. The highest BCUT2D eigenvalue weighted by Crippen LogP contribution is 2.31. The number of nitrogens with zero attached hydrogens (tertiary/aromatic N) is 2. The van der Waals surface area contributed by atoms with Crippen molar-refractivity contribution in [1.29, 1.82) is 0 Å². The van der Waals surface area contributed by atoms with E-state index in [9.17, 15) is 0 Å². The number of nitrogens with one attached hydrogen (secondary N) is 1. The summed E-state index contributed by atoms with van der Waals surface area (Å²) in [6.07, 6.45) is 1.50. The molecule has 1 heterocycles. The monoisotopic (exact) mass is 249 g/mol. The zero-order chi connectivity index (χ0) is 12.3. The number of hydrogen-bond donors (Lipinski definition) is 1. The molecule has 0 fully saturated rings. The smallest absolute Gasteiger partial charge is 0.129 e. The lowest BCUT2D eigenvalue weighted by Crippen LogP contribution is -1.95. The van der Waals surface area contributed by atoms with Gasteiger partial charge in [0.15, 0.2) is 0 Å². The van der Waals surface area contributed by atoms with E-state index in [1.165, 1.54) is 6.33 Å². The molecule has 0 spiro atoms. The first-order valence-electron chi connectivity index (χ1n) is 5.08. The van der Waals surface area contributed by atoms with Crippen LogP contribution in [0.15, 0.2) is 30.6 Å². The average Bonchev–Trinajstić information content (AvgIpc) is 2.39. The van der Waals surface area contributed by atoms with Crippen molar-refractivity contribution in [3.8, 4) is 17.0 Å². The van der Waals surface area contributed by atoms with Crippen molar-refractivity contribution in [1.82, 2.24) is 9.97 Å². The van der Waals surface area contributed by atoms with Gasteiger partial charge in [-0.25, -0.2) is 9.97 Å².